The molecule has 4 rings (SSSR count). The highest BCUT2D eigenvalue weighted by Gasteiger charge is 2.33. The number of urea groups is 1. The molecule has 2 amide bonds. The Bertz CT molecular complexity index is 801. The van der Waals surface area contributed by atoms with Crippen LogP contribution in [0.3, 0.4) is 0 Å². The Kier molecular flexibility index (Phi) is 3.80. The molecule has 1 aliphatic rings. The summed E-state index contributed by atoms with van der Waals surface area (Å²) in [5.74, 6) is 0. The summed E-state index contributed by atoms with van der Waals surface area (Å²) < 4.78 is 0. The van der Waals surface area contributed by atoms with E-state index in [1.165, 1.54) is 21.8 Å². The van der Waals surface area contributed by atoms with E-state index in [2.05, 4.69) is 39.1 Å². The molecule has 3 heterocycles. The van der Waals surface area contributed by atoms with Gasteiger partial charge in [-0.05, 0) is 29.0 Å². The molecule has 0 aliphatic carbocycles. The average Bonchev–Trinajstić information content (AvgIpc) is 3.25. The van der Waals surface area contributed by atoms with Crippen LogP contribution in [0.5, 0.6) is 0 Å². The summed E-state index contributed by atoms with van der Waals surface area (Å²) in [5, 5.41) is 13.1. The molecule has 1 atom stereocenters. The van der Waals surface area contributed by atoms with Gasteiger partial charge in [0, 0.05) is 11.4 Å². The van der Waals surface area contributed by atoms with Gasteiger partial charge >= 0.3 is 6.03 Å². The third kappa shape index (κ3) is 2.73. The zero-order valence-corrected chi connectivity index (χ0v) is 13.8. The van der Waals surface area contributed by atoms with Gasteiger partial charge in [-0.1, -0.05) is 41.7 Å². The monoisotopic (exact) mass is 342 g/mol. The van der Waals surface area contributed by atoms with E-state index in [0.717, 1.165) is 12.0 Å². The lowest BCUT2D eigenvalue weighted by atomic mass is 9.93. The van der Waals surface area contributed by atoms with E-state index >= 15 is 0 Å². The molecule has 0 bridgehead atoms. The number of nitrogens with zero attached hydrogens (tertiary/aromatic N) is 3. The highest BCUT2D eigenvalue weighted by molar-refractivity contribution is 7.13. The van der Waals surface area contributed by atoms with Crippen LogP contribution in [0.4, 0.5) is 9.93 Å². The van der Waals surface area contributed by atoms with Gasteiger partial charge in [-0.25, -0.2) is 4.79 Å². The molecule has 0 radical (unpaired) electrons. The van der Waals surface area contributed by atoms with Crippen molar-refractivity contribution in [2.24, 2.45) is 0 Å². The Morgan fingerprint density at radius 1 is 1.22 bits per heavy atom. The zero-order chi connectivity index (χ0) is 15.6. The lowest BCUT2D eigenvalue weighted by molar-refractivity contribution is 0.194. The predicted molar refractivity (Wildman–Crippen MR) is 91.9 cm³/mol. The third-order valence-corrected chi connectivity index (χ3v) is 5.52. The van der Waals surface area contributed by atoms with Gasteiger partial charge < -0.3 is 4.90 Å². The SMILES string of the molecule is O=C(Nc1nncs1)N1CCc2sccc2C1c1ccccc1. The standard InChI is InChI=1S/C16H14N4OS2/c21-16(18-15-19-17-10-23-15)20-8-6-13-12(7-9-22-13)14(20)11-4-2-1-3-5-11/h1-5,7,9-10,14H,6,8H2,(H,18,19,21). The molecule has 0 fully saturated rings. The first-order valence-corrected chi connectivity index (χ1v) is 9.04. The minimum atomic E-state index is -0.132. The van der Waals surface area contributed by atoms with Crippen molar-refractivity contribution in [1.82, 2.24) is 15.1 Å². The van der Waals surface area contributed by atoms with Gasteiger partial charge in [0.15, 0.2) is 0 Å². The number of amides is 2. The predicted octanol–water partition coefficient (Wildman–Crippen LogP) is 3.78. The first-order valence-electron chi connectivity index (χ1n) is 7.28. The minimum Gasteiger partial charge on any atom is -0.313 e. The smallest absolute Gasteiger partial charge is 0.313 e. The van der Waals surface area contributed by atoms with Crippen molar-refractivity contribution in [3.8, 4) is 0 Å². The van der Waals surface area contributed by atoms with Crippen LogP contribution in [0.1, 0.15) is 22.0 Å². The van der Waals surface area contributed by atoms with Crippen LogP contribution in [-0.2, 0) is 6.42 Å². The van der Waals surface area contributed by atoms with Gasteiger partial charge in [0.1, 0.15) is 5.51 Å². The fourth-order valence-electron chi connectivity index (χ4n) is 2.92. The summed E-state index contributed by atoms with van der Waals surface area (Å²) in [5.41, 5.74) is 3.96. The van der Waals surface area contributed by atoms with Crippen molar-refractivity contribution in [2.75, 3.05) is 11.9 Å². The highest BCUT2D eigenvalue weighted by atomic mass is 32.1. The fraction of sp³-hybridized carbons (Fsp3) is 0.188. The van der Waals surface area contributed by atoms with Crippen molar-refractivity contribution in [1.29, 1.82) is 0 Å². The molecule has 0 saturated carbocycles. The molecule has 1 unspecified atom stereocenters. The van der Waals surface area contributed by atoms with E-state index in [-0.39, 0.29) is 12.1 Å². The molecular weight excluding hydrogens is 328 g/mol. The van der Waals surface area contributed by atoms with Gasteiger partial charge in [-0.3, -0.25) is 5.32 Å². The fourth-order valence-corrected chi connectivity index (χ4v) is 4.26. The number of benzene rings is 1. The van der Waals surface area contributed by atoms with E-state index in [9.17, 15) is 4.79 Å². The zero-order valence-electron chi connectivity index (χ0n) is 12.2. The molecule has 0 saturated heterocycles. The number of aromatic nitrogens is 2. The molecule has 0 spiro atoms. The van der Waals surface area contributed by atoms with Crippen LogP contribution in [-0.4, -0.2) is 27.7 Å². The Morgan fingerprint density at radius 3 is 2.87 bits per heavy atom. The lowest BCUT2D eigenvalue weighted by Gasteiger charge is -2.36. The number of thiophene rings is 1. The number of fused-ring (bicyclic) bond motifs is 1. The van der Waals surface area contributed by atoms with Crippen LogP contribution in [0.2, 0.25) is 0 Å². The van der Waals surface area contributed by atoms with Crippen molar-refractivity contribution in [2.45, 2.75) is 12.5 Å². The van der Waals surface area contributed by atoms with Gasteiger partial charge in [0.05, 0.1) is 6.04 Å². The van der Waals surface area contributed by atoms with Crippen LogP contribution in [0.15, 0.2) is 47.3 Å². The Morgan fingerprint density at radius 2 is 2.09 bits per heavy atom. The number of hydrogen-bond donors (Lipinski definition) is 1. The topological polar surface area (TPSA) is 58.1 Å². The molecule has 23 heavy (non-hydrogen) atoms. The average molecular weight is 342 g/mol. The molecule has 2 aromatic heterocycles. The van der Waals surface area contributed by atoms with Crippen LogP contribution in [0, 0.1) is 0 Å². The first-order chi connectivity index (χ1) is 11.3. The van der Waals surface area contributed by atoms with E-state index in [4.69, 9.17) is 0 Å². The first kappa shape index (κ1) is 14.3. The summed E-state index contributed by atoms with van der Waals surface area (Å²) >= 11 is 3.09. The van der Waals surface area contributed by atoms with Crippen molar-refractivity contribution >= 4 is 33.8 Å². The summed E-state index contributed by atoms with van der Waals surface area (Å²) in [6.07, 6.45) is 0.889. The molecule has 116 valence electrons. The number of carbonyl (C=O) groups excluding carboxylic acids is 1. The second kappa shape index (κ2) is 6.10. The molecule has 3 aromatic rings. The second-order valence-electron chi connectivity index (χ2n) is 5.23. The Labute approximate surface area is 141 Å². The molecule has 5 nitrogen and oxygen atoms in total. The van der Waals surface area contributed by atoms with E-state index in [0.29, 0.717) is 11.7 Å². The largest absolute Gasteiger partial charge is 0.324 e. The number of nitrogens with one attached hydrogen (secondary N) is 1. The van der Waals surface area contributed by atoms with Crippen LogP contribution < -0.4 is 5.32 Å². The van der Waals surface area contributed by atoms with E-state index in [1.807, 2.05) is 23.1 Å². The van der Waals surface area contributed by atoms with Gasteiger partial charge in [-0.2, -0.15) is 0 Å². The van der Waals surface area contributed by atoms with E-state index in [1.54, 1.807) is 16.8 Å². The van der Waals surface area contributed by atoms with Gasteiger partial charge in [0.2, 0.25) is 5.13 Å². The summed E-state index contributed by atoms with van der Waals surface area (Å²) in [6, 6.07) is 12.1. The minimum absolute atomic E-state index is 0.0564. The van der Waals surface area contributed by atoms with Crippen molar-refractivity contribution in [3.05, 3.63) is 63.3 Å². The van der Waals surface area contributed by atoms with E-state index < -0.39 is 0 Å². The second-order valence-corrected chi connectivity index (χ2v) is 7.06. The normalized spacial score (nSPS) is 16.9. The van der Waals surface area contributed by atoms with Crippen molar-refractivity contribution < 1.29 is 4.79 Å². The molecule has 7 heteroatoms. The van der Waals surface area contributed by atoms with Crippen LogP contribution in [0.25, 0.3) is 0 Å². The Hall–Kier alpha value is -2.25. The third-order valence-electron chi connectivity index (χ3n) is 3.92. The van der Waals surface area contributed by atoms with Crippen molar-refractivity contribution in [3.63, 3.8) is 0 Å². The summed E-state index contributed by atoms with van der Waals surface area (Å²) in [4.78, 5) is 16.0. The van der Waals surface area contributed by atoms with Crippen LogP contribution >= 0.6 is 22.7 Å². The maximum absolute atomic E-state index is 12.7. The summed E-state index contributed by atoms with van der Waals surface area (Å²) in [7, 11) is 0. The maximum Gasteiger partial charge on any atom is 0.324 e. The maximum atomic E-state index is 12.7. The quantitative estimate of drug-likeness (QED) is 0.771. The van der Waals surface area contributed by atoms with Gasteiger partial charge in [0.25, 0.3) is 0 Å². The molecular formula is C16H14N4OS2. The number of rotatable bonds is 2. The molecule has 1 aromatic carbocycles. The highest BCUT2D eigenvalue weighted by Crippen LogP contribution is 2.37. The molecule has 1 aliphatic heterocycles. The number of hydrogen-bond acceptors (Lipinski definition) is 5. The summed E-state index contributed by atoms with van der Waals surface area (Å²) in [6.45, 7) is 0.692. The number of carbonyl (C=O) groups is 1. The number of anilines is 1. The lowest BCUT2D eigenvalue weighted by Crippen LogP contribution is -2.42. The van der Waals surface area contributed by atoms with Gasteiger partial charge in [-0.15, -0.1) is 21.5 Å². The molecule has 1 N–H and O–H groups in total. The Balaban J connectivity index is 1.69.